The van der Waals surface area contributed by atoms with E-state index in [-0.39, 0.29) is 5.91 Å². The fourth-order valence-corrected chi connectivity index (χ4v) is 3.99. The van der Waals surface area contributed by atoms with Crippen LogP contribution in [0.1, 0.15) is 18.6 Å². The lowest BCUT2D eigenvalue weighted by atomic mass is 10.2. The smallest absolute Gasteiger partial charge is 0.265 e. The number of aryl methyl sites for hydroxylation is 1. The van der Waals surface area contributed by atoms with Gasteiger partial charge < -0.3 is 14.2 Å². The molecule has 0 aliphatic carbocycles. The molecular formula is C16H18N4O2S. The van der Waals surface area contributed by atoms with E-state index < -0.39 is 6.10 Å². The Morgan fingerprint density at radius 2 is 2.22 bits per heavy atom. The molecule has 23 heavy (non-hydrogen) atoms. The second kappa shape index (κ2) is 5.88. The number of ether oxygens (including phenoxy) is 1. The van der Waals surface area contributed by atoms with Crippen LogP contribution in [0.15, 0.2) is 29.2 Å². The maximum atomic E-state index is 12.8. The Hall–Kier alpha value is -2.02. The van der Waals surface area contributed by atoms with E-state index in [4.69, 9.17) is 4.74 Å². The van der Waals surface area contributed by atoms with Crippen molar-refractivity contribution in [2.24, 2.45) is 0 Å². The van der Waals surface area contributed by atoms with Gasteiger partial charge in [-0.05, 0) is 12.1 Å². The summed E-state index contributed by atoms with van der Waals surface area (Å²) in [6.07, 6.45) is 0.440. The molecule has 0 N–H and O–H groups in total. The lowest BCUT2D eigenvalue weighted by molar-refractivity contribution is -0.139. The van der Waals surface area contributed by atoms with Crippen LogP contribution < -0.4 is 4.74 Å². The number of hydrogen-bond acceptors (Lipinski definition) is 5. The summed E-state index contributed by atoms with van der Waals surface area (Å²) >= 11 is 1.68. The highest BCUT2D eigenvalue weighted by Crippen LogP contribution is 2.35. The van der Waals surface area contributed by atoms with Crippen molar-refractivity contribution in [3.63, 3.8) is 0 Å². The van der Waals surface area contributed by atoms with Crippen molar-refractivity contribution in [1.82, 2.24) is 19.7 Å². The van der Waals surface area contributed by atoms with Crippen LogP contribution in [0.3, 0.4) is 0 Å². The number of aromatic nitrogens is 3. The first-order valence-corrected chi connectivity index (χ1v) is 8.83. The molecule has 120 valence electrons. The van der Waals surface area contributed by atoms with Gasteiger partial charge in [-0.15, -0.1) is 22.0 Å². The van der Waals surface area contributed by atoms with Gasteiger partial charge in [-0.3, -0.25) is 4.79 Å². The molecule has 1 atom stereocenters. The maximum absolute atomic E-state index is 12.8. The van der Waals surface area contributed by atoms with Gasteiger partial charge >= 0.3 is 0 Å². The minimum atomic E-state index is -0.421. The van der Waals surface area contributed by atoms with Crippen LogP contribution in [0.5, 0.6) is 5.75 Å². The van der Waals surface area contributed by atoms with E-state index in [9.17, 15) is 4.79 Å². The standard InChI is InChI=1S/C16H18N4O2S/c1-2-14-17-18-15-9-19(7-8-20(14)15)16(21)12-10-23-13-6-4-3-5-11(13)22-12/h3-6,12H,2,7-10H2,1H3. The second-order valence-electron chi connectivity index (χ2n) is 5.66. The molecule has 0 saturated carbocycles. The van der Waals surface area contributed by atoms with Crippen LogP contribution in [0, 0.1) is 0 Å². The van der Waals surface area contributed by atoms with Gasteiger partial charge in [0.2, 0.25) is 0 Å². The Labute approximate surface area is 138 Å². The average molecular weight is 330 g/mol. The number of fused-ring (bicyclic) bond motifs is 2. The van der Waals surface area contributed by atoms with Gasteiger partial charge in [0.15, 0.2) is 11.9 Å². The molecule has 1 amide bonds. The topological polar surface area (TPSA) is 60.2 Å². The van der Waals surface area contributed by atoms with Crippen LogP contribution in [-0.2, 0) is 24.3 Å². The molecule has 1 unspecified atom stereocenters. The molecule has 6 nitrogen and oxygen atoms in total. The second-order valence-corrected chi connectivity index (χ2v) is 6.72. The van der Waals surface area contributed by atoms with Crippen molar-refractivity contribution in [2.75, 3.05) is 12.3 Å². The molecule has 0 saturated heterocycles. The summed E-state index contributed by atoms with van der Waals surface area (Å²) in [5, 5.41) is 8.41. The molecule has 2 aromatic rings. The Kier molecular flexibility index (Phi) is 3.72. The third-order valence-corrected chi connectivity index (χ3v) is 5.36. The van der Waals surface area contributed by atoms with E-state index in [1.54, 1.807) is 11.8 Å². The summed E-state index contributed by atoms with van der Waals surface area (Å²) in [5.41, 5.74) is 0. The number of hydrogen-bond donors (Lipinski definition) is 0. The van der Waals surface area contributed by atoms with E-state index in [1.807, 2.05) is 29.2 Å². The summed E-state index contributed by atoms with van der Waals surface area (Å²) in [4.78, 5) is 15.7. The van der Waals surface area contributed by atoms with Gasteiger partial charge in [-0.25, -0.2) is 0 Å². The molecule has 2 aliphatic heterocycles. The fraction of sp³-hybridized carbons (Fsp3) is 0.438. The molecule has 1 aromatic heterocycles. The van der Waals surface area contributed by atoms with Crippen LogP contribution in [0.2, 0.25) is 0 Å². The van der Waals surface area contributed by atoms with Gasteiger partial charge in [0.1, 0.15) is 11.6 Å². The zero-order valence-corrected chi connectivity index (χ0v) is 13.8. The average Bonchev–Trinajstić information content (AvgIpc) is 3.03. The lowest BCUT2D eigenvalue weighted by Gasteiger charge is -2.32. The quantitative estimate of drug-likeness (QED) is 0.839. The molecule has 2 aliphatic rings. The third-order valence-electron chi connectivity index (χ3n) is 4.24. The molecule has 1 aromatic carbocycles. The molecule has 4 rings (SSSR count). The SMILES string of the molecule is CCc1nnc2n1CCN(C(=O)C1CSc3ccccc3O1)C2. The number of para-hydroxylation sites is 1. The number of benzene rings is 1. The number of thioether (sulfide) groups is 1. The number of rotatable bonds is 2. The van der Waals surface area contributed by atoms with Crippen molar-refractivity contribution in [3.8, 4) is 5.75 Å². The van der Waals surface area contributed by atoms with E-state index in [0.29, 0.717) is 18.8 Å². The highest BCUT2D eigenvalue weighted by molar-refractivity contribution is 7.99. The minimum Gasteiger partial charge on any atom is -0.479 e. The predicted octanol–water partition coefficient (Wildman–Crippen LogP) is 1.74. The monoisotopic (exact) mass is 330 g/mol. The fourth-order valence-electron chi connectivity index (χ4n) is 3.01. The Balaban J connectivity index is 1.48. The number of carbonyl (C=O) groups excluding carboxylic acids is 1. The van der Waals surface area contributed by atoms with Gasteiger partial charge in [-0.1, -0.05) is 19.1 Å². The molecule has 0 bridgehead atoms. The molecular weight excluding hydrogens is 312 g/mol. The zero-order valence-electron chi connectivity index (χ0n) is 12.9. The van der Waals surface area contributed by atoms with Gasteiger partial charge in [0, 0.05) is 30.2 Å². The van der Waals surface area contributed by atoms with Crippen molar-refractivity contribution in [3.05, 3.63) is 35.9 Å². The molecule has 3 heterocycles. The molecule has 0 spiro atoms. The first-order valence-electron chi connectivity index (χ1n) is 7.84. The van der Waals surface area contributed by atoms with Gasteiger partial charge in [0.05, 0.1) is 6.54 Å². The predicted molar refractivity (Wildman–Crippen MR) is 86.4 cm³/mol. The normalized spacial score (nSPS) is 19.7. The van der Waals surface area contributed by atoms with Gasteiger partial charge in [0.25, 0.3) is 5.91 Å². The highest BCUT2D eigenvalue weighted by atomic mass is 32.2. The summed E-state index contributed by atoms with van der Waals surface area (Å²) in [5.74, 6) is 3.35. The highest BCUT2D eigenvalue weighted by Gasteiger charge is 2.33. The Bertz CT molecular complexity index is 745. The van der Waals surface area contributed by atoms with Crippen LogP contribution >= 0.6 is 11.8 Å². The van der Waals surface area contributed by atoms with Crippen molar-refractivity contribution >= 4 is 17.7 Å². The summed E-state index contributed by atoms with van der Waals surface area (Å²) < 4.78 is 8.03. The van der Waals surface area contributed by atoms with E-state index in [2.05, 4.69) is 21.7 Å². The van der Waals surface area contributed by atoms with Crippen LogP contribution in [-0.4, -0.2) is 44.0 Å². The van der Waals surface area contributed by atoms with Gasteiger partial charge in [-0.2, -0.15) is 0 Å². The van der Waals surface area contributed by atoms with Crippen LogP contribution in [0.25, 0.3) is 0 Å². The molecule has 0 fully saturated rings. The third kappa shape index (κ3) is 2.59. The van der Waals surface area contributed by atoms with Crippen molar-refractivity contribution in [1.29, 1.82) is 0 Å². The minimum absolute atomic E-state index is 0.0410. The lowest BCUT2D eigenvalue weighted by Crippen LogP contribution is -2.47. The van der Waals surface area contributed by atoms with Crippen LogP contribution in [0.4, 0.5) is 0 Å². The summed E-state index contributed by atoms with van der Waals surface area (Å²) in [7, 11) is 0. The number of carbonyl (C=O) groups is 1. The number of nitrogens with zero attached hydrogens (tertiary/aromatic N) is 4. The Morgan fingerprint density at radius 3 is 3.09 bits per heavy atom. The largest absolute Gasteiger partial charge is 0.479 e. The Morgan fingerprint density at radius 1 is 1.35 bits per heavy atom. The van der Waals surface area contributed by atoms with E-state index in [0.717, 1.165) is 35.3 Å². The van der Waals surface area contributed by atoms with E-state index in [1.165, 1.54) is 0 Å². The van der Waals surface area contributed by atoms with Crippen molar-refractivity contribution < 1.29 is 9.53 Å². The van der Waals surface area contributed by atoms with Crippen molar-refractivity contribution in [2.45, 2.75) is 37.4 Å². The zero-order chi connectivity index (χ0) is 15.8. The first-order chi connectivity index (χ1) is 11.3. The molecule has 7 heteroatoms. The summed E-state index contributed by atoms with van der Waals surface area (Å²) in [6, 6.07) is 7.86. The molecule has 0 radical (unpaired) electrons. The first kappa shape index (κ1) is 14.6. The summed E-state index contributed by atoms with van der Waals surface area (Å²) in [6.45, 7) is 4.02. The number of amides is 1. The van der Waals surface area contributed by atoms with E-state index >= 15 is 0 Å². The maximum Gasteiger partial charge on any atom is 0.265 e.